The number of benzene rings is 1. The first-order chi connectivity index (χ1) is 9.91. The first-order valence-electron chi connectivity index (χ1n) is 7.02. The van der Waals surface area contributed by atoms with Crippen molar-refractivity contribution in [3.8, 4) is 0 Å². The fourth-order valence-electron chi connectivity index (χ4n) is 2.86. The molecule has 0 aromatic heterocycles. The van der Waals surface area contributed by atoms with Gasteiger partial charge in [-0.1, -0.05) is 31.4 Å². The topological polar surface area (TPSA) is 57.6 Å². The fraction of sp³-hybridized carbons (Fsp3) is 0.571. The summed E-state index contributed by atoms with van der Waals surface area (Å²) in [5.74, 6) is -0.918. The summed E-state index contributed by atoms with van der Waals surface area (Å²) in [7, 11) is -3.96. The van der Waals surface area contributed by atoms with Gasteiger partial charge >= 0.3 is 0 Å². The van der Waals surface area contributed by atoms with E-state index < -0.39 is 27.3 Å². The predicted octanol–water partition coefficient (Wildman–Crippen LogP) is 2.92. The van der Waals surface area contributed by atoms with E-state index in [2.05, 4.69) is 0 Å². The SMILES string of the molecule is CCN(C1CCCC1)S(=O)(=O)c1cc(Cl)cc(CO)c1F. The lowest BCUT2D eigenvalue weighted by Crippen LogP contribution is -2.39. The van der Waals surface area contributed by atoms with Crippen LogP contribution < -0.4 is 0 Å². The molecule has 0 atom stereocenters. The Labute approximate surface area is 129 Å². The number of rotatable bonds is 5. The molecule has 0 radical (unpaired) electrons. The van der Waals surface area contributed by atoms with E-state index in [1.165, 1.54) is 10.4 Å². The summed E-state index contributed by atoms with van der Waals surface area (Å²) in [6.45, 7) is 1.43. The van der Waals surface area contributed by atoms with E-state index in [1.54, 1.807) is 6.92 Å². The summed E-state index contributed by atoms with van der Waals surface area (Å²) in [5, 5.41) is 9.23. The number of aliphatic hydroxyl groups is 1. The Bertz CT molecular complexity index is 615. The molecule has 0 unspecified atom stereocenters. The normalized spacial score (nSPS) is 16.8. The zero-order valence-corrected chi connectivity index (χ0v) is 13.4. The third-order valence-corrected chi connectivity index (χ3v) is 6.12. The second kappa shape index (κ2) is 6.60. The second-order valence-electron chi connectivity index (χ2n) is 5.18. The average molecular weight is 336 g/mol. The zero-order valence-electron chi connectivity index (χ0n) is 11.8. The molecule has 21 heavy (non-hydrogen) atoms. The summed E-state index contributed by atoms with van der Waals surface area (Å²) in [5.41, 5.74) is -0.108. The molecule has 7 heteroatoms. The van der Waals surface area contributed by atoms with Crippen LogP contribution in [0.4, 0.5) is 4.39 Å². The van der Waals surface area contributed by atoms with E-state index in [-0.39, 0.29) is 23.2 Å². The fourth-order valence-corrected chi connectivity index (χ4v) is 5.00. The molecular weight excluding hydrogens is 317 g/mol. The van der Waals surface area contributed by atoms with Crippen molar-refractivity contribution < 1.29 is 17.9 Å². The van der Waals surface area contributed by atoms with Gasteiger partial charge in [-0.15, -0.1) is 0 Å². The summed E-state index contributed by atoms with van der Waals surface area (Å²) in [6.07, 6.45) is 3.55. The number of hydrogen-bond donors (Lipinski definition) is 1. The summed E-state index contributed by atoms with van der Waals surface area (Å²) >= 11 is 5.85. The van der Waals surface area contributed by atoms with Gasteiger partial charge in [0.1, 0.15) is 10.7 Å². The lowest BCUT2D eigenvalue weighted by Gasteiger charge is -2.27. The average Bonchev–Trinajstić information content (AvgIpc) is 2.95. The number of nitrogens with zero attached hydrogens (tertiary/aromatic N) is 1. The Morgan fingerprint density at radius 2 is 2.00 bits per heavy atom. The van der Waals surface area contributed by atoms with E-state index in [0.29, 0.717) is 0 Å². The minimum atomic E-state index is -3.96. The third kappa shape index (κ3) is 3.23. The Morgan fingerprint density at radius 3 is 2.52 bits per heavy atom. The quantitative estimate of drug-likeness (QED) is 0.900. The smallest absolute Gasteiger partial charge is 0.246 e. The van der Waals surface area contributed by atoms with Crippen molar-refractivity contribution in [2.24, 2.45) is 0 Å². The van der Waals surface area contributed by atoms with Crippen molar-refractivity contribution in [3.63, 3.8) is 0 Å². The van der Waals surface area contributed by atoms with Crippen LogP contribution in [0.3, 0.4) is 0 Å². The lowest BCUT2D eigenvalue weighted by molar-refractivity contribution is 0.274. The van der Waals surface area contributed by atoms with Crippen LogP contribution in [-0.4, -0.2) is 30.4 Å². The van der Waals surface area contributed by atoms with E-state index in [0.717, 1.165) is 31.7 Å². The Balaban J connectivity index is 2.49. The largest absolute Gasteiger partial charge is 0.392 e. The van der Waals surface area contributed by atoms with Crippen molar-refractivity contribution >= 4 is 21.6 Å². The van der Waals surface area contributed by atoms with E-state index in [4.69, 9.17) is 16.7 Å². The highest BCUT2D eigenvalue weighted by molar-refractivity contribution is 7.89. The molecular formula is C14H19ClFNO3S. The second-order valence-corrected chi connectivity index (χ2v) is 7.48. The summed E-state index contributed by atoms with van der Waals surface area (Å²) < 4.78 is 41.1. The molecule has 1 aromatic rings. The first-order valence-corrected chi connectivity index (χ1v) is 8.84. The van der Waals surface area contributed by atoms with Gasteiger partial charge in [-0.25, -0.2) is 12.8 Å². The maximum atomic E-state index is 14.3. The van der Waals surface area contributed by atoms with Crippen molar-refractivity contribution in [1.82, 2.24) is 4.31 Å². The highest BCUT2D eigenvalue weighted by Crippen LogP contribution is 2.31. The van der Waals surface area contributed by atoms with Crippen LogP contribution in [0.2, 0.25) is 5.02 Å². The van der Waals surface area contributed by atoms with Crippen molar-refractivity contribution in [2.45, 2.75) is 50.2 Å². The third-order valence-electron chi connectivity index (χ3n) is 3.88. The maximum absolute atomic E-state index is 14.3. The molecule has 2 rings (SSSR count). The van der Waals surface area contributed by atoms with Gasteiger partial charge in [0.2, 0.25) is 10.0 Å². The predicted molar refractivity (Wildman–Crippen MR) is 79.2 cm³/mol. The van der Waals surface area contributed by atoms with Crippen LogP contribution in [0.25, 0.3) is 0 Å². The van der Waals surface area contributed by atoms with Gasteiger partial charge in [-0.05, 0) is 25.0 Å². The molecule has 1 aliphatic rings. The van der Waals surface area contributed by atoms with Gasteiger partial charge < -0.3 is 5.11 Å². The van der Waals surface area contributed by atoms with Crippen molar-refractivity contribution in [1.29, 1.82) is 0 Å². The van der Waals surface area contributed by atoms with E-state index >= 15 is 0 Å². The number of sulfonamides is 1. The Hall–Kier alpha value is -0.690. The highest BCUT2D eigenvalue weighted by Gasteiger charge is 2.34. The van der Waals surface area contributed by atoms with Gasteiger partial charge in [0.05, 0.1) is 6.61 Å². The van der Waals surface area contributed by atoms with Crippen LogP contribution in [0, 0.1) is 5.82 Å². The lowest BCUT2D eigenvalue weighted by atomic mass is 10.2. The molecule has 1 aliphatic carbocycles. The molecule has 0 heterocycles. The summed E-state index contributed by atoms with van der Waals surface area (Å²) in [6, 6.07) is 2.26. The molecule has 4 nitrogen and oxygen atoms in total. The van der Waals surface area contributed by atoms with Crippen LogP contribution in [-0.2, 0) is 16.6 Å². The molecule has 118 valence electrons. The molecule has 1 fully saturated rings. The van der Waals surface area contributed by atoms with Gasteiger partial charge in [0, 0.05) is 23.2 Å². The van der Waals surface area contributed by atoms with Crippen molar-refractivity contribution in [3.05, 3.63) is 28.5 Å². The molecule has 0 saturated heterocycles. The highest BCUT2D eigenvalue weighted by atomic mass is 35.5. The number of halogens is 2. The van der Waals surface area contributed by atoms with Crippen LogP contribution >= 0.6 is 11.6 Å². The molecule has 0 spiro atoms. The van der Waals surface area contributed by atoms with Crippen molar-refractivity contribution in [2.75, 3.05) is 6.54 Å². The molecule has 1 N–H and O–H groups in total. The Morgan fingerprint density at radius 1 is 1.38 bits per heavy atom. The van der Waals surface area contributed by atoms with E-state index in [9.17, 15) is 12.8 Å². The van der Waals surface area contributed by atoms with Gasteiger partial charge in [0.25, 0.3) is 0 Å². The van der Waals surface area contributed by atoms with E-state index in [1.807, 2.05) is 0 Å². The van der Waals surface area contributed by atoms with Gasteiger partial charge in [-0.2, -0.15) is 4.31 Å². The molecule has 0 bridgehead atoms. The maximum Gasteiger partial charge on any atom is 0.246 e. The first kappa shape index (κ1) is 16.7. The molecule has 0 amide bonds. The number of aliphatic hydroxyl groups excluding tert-OH is 1. The van der Waals surface area contributed by atoms with Crippen LogP contribution in [0.15, 0.2) is 17.0 Å². The van der Waals surface area contributed by atoms with Crippen LogP contribution in [0.5, 0.6) is 0 Å². The van der Waals surface area contributed by atoms with Crippen LogP contribution in [0.1, 0.15) is 38.2 Å². The molecule has 1 saturated carbocycles. The zero-order chi connectivity index (χ0) is 15.6. The summed E-state index contributed by atoms with van der Waals surface area (Å²) in [4.78, 5) is -0.451. The van der Waals surface area contributed by atoms with Gasteiger partial charge in [0.15, 0.2) is 0 Å². The standard InChI is InChI=1S/C14H19ClFNO3S/c1-2-17(12-5-3-4-6-12)21(19,20)13-8-11(15)7-10(9-18)14(13)16/h7-8,12,18H,2-6,9H2,1H3. The minimum absolute atomic E-state index is 0.0871. The van der Waals surface area contributed by atoms with Gasteiger partial charge in [-0.3, -0.25) is 0 Å². The number of hydrogen-bond acceptors (Lipinski definition) is 3. The monoisotopic (exact) mass is 335 g/mol. The molecule has 1 aromatic carbocycles. The minimum Gasteiger partial charge on any atom is -0.392 e. The Kier molecular flexibility index (Phi) is 5.24. The molecule has 0 aliphatic heterocycles.